The van der Waals surface area contributed by atoms with E-state index >= 15 is 0 Å². The number of thiocarbonyl (C=S) groups is 1. The van der Waals surface area contributed by atoms with E-state index in [9.17, 15) is 9.59 Å². The first-order chi connectivity index (χ1) is 12.0. The number of hydrogen-bond acceptors (Lipinski definition) is 5. The van der Waals surface area contributed by atoms with E-state index in [1.165, 1.54) is 0 Å². The van der Waals surface area contributed by atoms with E-state index in [-0.39, 0.29) is 23.5 Å². The summed E-state index contributed by atoms with van der Waals surface area (Å²) in [5, 5.41) is 2.50. The molecule has 7 nitrogen and oxygen atoms in total. The molecule has 1 unspecified atom stereocenters. The lowest BCUT2D eigenvalue weighted by atomic mass is 10.2. The van der Waals surface area contributed by atoms with E-state index in [0.29, 0.717) is 24.5 Å². The van der Waals surface area contributed by atoms with Crippen molar-refractivity contribution in [3.05, 3.63) is 29.8 Å². The number of ether oxygens (including phenoxy) is 2. The monoisotopic (exact) mass is 367 g/mol. The Hall–Kier alpha value is -2.19. The summed E-state index contributed by atoms with van der Waals surface area (Å²) < 4.78 is 10.8. The highest BCUT2D eigenvalue weighted by molar-refractivity contribution is 7.80. The summed E-state index contributed by atoms with van der Waals surface area (Å²) in [6, 6.07) is 6.82. The van der Waals surface area contributed by atoms with Crippen molar-refractivity contribution < 1.29 is 19.1 Å². The molecular formula is C17H25N3O4S. The quantitative estimate of drug-likeness (QED) is 0.370. The zero-order chi connectivity index (χ0) is 18.7. The molecule has 8 heteroatoms. The van der Waals surface area contributed by atoms with Crippen LogP contribution >= 0.6 is 12.2 Å². The molecule has 0 spiro atoms. The van der Waals surface area contributed by atoms with Crippen LogP contribution in [0.1, 0.15) is 44.0 Å². The SMILES string of the molecule is CCOCCC(=O)NNC(=S)NC(=O)c1cccc(OC(C)CC)c1. The third-order valence-electron chi connectivity index (χ3n) is 3.23. The Morgan fingerprint density at radius 2 is 2.00 bits per heavy atom. The second kappa shape index (κ2) is 11.4. The molecule has 1 aromatic rings. The van der Waals surface area contributed by atoms with Gasteiger partial charge in [-0.2, -0.15) is 0 Å². The van der Waals surface area contributed by atoms with Gasteiger partial charge in [-0.15, -0.1) is 0 Å². The van der Waals surface area contributed by atoms with Crippen molar-refractivity contribution in [1.82, 2.24) is 16.2 Å². The van der Waals surface area contributed by atoms with E-state index in [1.54, 1.807) is 24.3 Å². The minimum absolute atomic E-state index is 0.00278. The van der Waals surface area contributed by atoms with Crippen molar-refractivity contribution in [3.63, 3.8) is 0 Å². The highest BCUT2D eigenvalue weighted by atomic mass is 32.1. The molecule has 0 radical (unpaired) electrons. The average molecular weight is 367 g/mol. The van der Waals surface area contributed by atoms with Crippen LogP contribution in [0.2, 0.25) is 0 Å². The van der Waals surface area contributed by atoms with Crippen molar-refractivity contribution in [2.24, 2.45) is 0 Å². The zero-order valence-electron chi connectivity index (χ0n) is 14.8. The summed E-state index contributed by atoms with van der Waals surface area (Å²) in [6.07, 6.45) is 1.13. The average Bonchev–Trinajstić information content (AvgIpc) is 2.60. The summed E-state index contributed by atoms with van der Waals surface area (Å²) in [4.78, 5) is 23.7. The van der Waals surface area contributed by atoms with Gasteiger partial charge in [-0.1, -0.05) is 13.0 Å². The molecule has 0 bridgehead atoms. The Bertz CT molecular complexity index is 595. The number of hydrogen-bond donors (Lipinski definition) is 3. The van der Waals surface area contributed by atoms with Gasteiger partial charge in [0.25, 0.3) is 5.91 Å². The van der Waals surface area contributed by atoms with Gasteiger partial charge in [0.2, 0.25) is 5.91 Å². The second-order valence-corrected chi connectivity index (χ2v) is 5.68. The van der Waals surface area contributed by atoms with Gasteiger partial charge in [-0.3, -0.25) is 25.8 Å². The van der Waals surface area contributed by atoms with Gasteiger partial charge >= 0.3 is 0 Å². The molecule has 0 aliphatic rings. The Balaban J connectivity index is 2.46. The smallest absolute Gasteiger partial charge is 0.257 e. The normalized spacial score (nSPS) is 11.3. The van der Waals surface area contributed by atoms with Gasteiger partial charge in [-0.25, -0.2) is 0 Å². The molecule has 0 saturated carbocycles. The van der Waals surface area contributed by atoms with Crippen LogP contribution in [0.15, 0.2) is 24.3 Å². The fourth-order valence-electron chi connectivity index (χ4n) is 1.73. The maximum Gasteiger partial charge on any atom is 0.257 e. The Labute approximate surface area is 153 Å². The summed E-state index contributed by atoms with van der Waals surface area (Å²) in [7, 11) is 0. The van der Waals surface area contributed by atoms with Crippen LogP contribution in [-0.4, -0.2) is 36.2 Å². The predicted molar refractivity (Wildman–Crippen MR) is 99.3 cm³/mol. The number of carbonyl (C=O) groups excluding carboxylic acids is 2. The summed E-state index contributed by atoms with van der Waals surface area (Å²) in [5.41, 5.74) is 5.28. The molecule has 3 N–H and O–H groups in total. The molecule has 0 aliphatic carbocycles. The molecular weight excluding hydrogens is 342 g/mol. The molecule has 0 heterocycles. The van der Waals surface area contributed by atoms with Gasteiger partial charge in [-0.05, 0) is 50.7 Å². The Kier molecular flexibility index (Phi) is 9.49. The van der Waals surface area contributed by atoms with Crippen molar-refractivity contribution in [2.75, 3.05) is 13.2 Å². The summed E-state index contributed by atoms with van der Waals surface area (Å²) in [5.74, 6) is -0.0604. The summed E-state index contributed by atoms with van der Waals surface area (Å²) in [6.45, 7) is 6.71. The van der Waals surface area contributed by atoms with E-state index in [0.717, 1.165) is 6.42 Å². The number of benzene rings is 1. The van der Waals surface area contributed by atoms with Crippen LogP contribution in [0.4, 0.5) is 0 Å². The van der Waals surface area contributed by atoms with Gasteiger partial charge in [0.1, 0.15) is 5.75 Å². The highest BCUT2D eigenvalue weighted by Gasteiger charge is 2.10. The number of rotatable bonds is 8. The number of nitrogens with one attached hydrogen (secondary N) is 3. The standard InChI is InChI=1S/C17H25N3O4S/c1-4-12(3)24-14-8-6-7-13(11-14)16(22)18-17(25)20-19-15(21)9-10-23-5-2/h6-8,11-12H,4-5,9-10H2,1-3H3,(H,19,21)(H2,18,20,22,25). The predicted octanol–water partition coefficient (Wildman–Crippen LogP) is 1.93. The molecule has 0 aliphatic heterocycles. The van der Waals surface area contributed by atoms with Gasteiger partial charge < -0.3 is 9.47 Å². The van der Waals surface area contributed by atoms with E-state index in [1.807, 2.05) is 20.8 Å². The minimum Gasteiger partial charge on any atom is -0.491 e. The Morgan fingerprint density at radius 3 is 2.68 bits per heavy atom. The van der Waals surface area contributed by atoms with Gasteiger partial charge in [0.15, 0.2) is 5.11 Å². The molecule has 25 heavy (non-hydrogen) atoms. The van der Waals surface area contributed by atoms with Crippen LogP contribution in [-0.2, 0) is 9.53 Å². The van der Waals surface area contributed by atoms with E-state index in [4.69, 9.17) is 21.7 Å². The zero-order valence-corrected chi connectivity index (χ0v) is 15.6. The van der Waals surface area contributed by atoms with Crippen molar-refractivity contribution in [2.45, 2.75) is 39.7 Å². The largest absolute Gasteiger partial charge is 0.491 e. The van der Waals surface area contributed by atoms with E-state index < -0.39 is 5.91 Å². The lowest BCUT2D eigenvalue weighted by Gasteiger charge is -2.14. The first kappa shape index (κ1) is 20.9. The van der Waals surface area contributed by atoms with Crippen LogP contribution in [0.25, 0.3) is 0 Å². The van der Waals surface area contributed by atoms with Gasteiger partial charge in [0, 0.05) is 12.2 Å². The molecule has 2 amide bonds. The first-order valence-corrected chi connectivity index (χ1v) is 8.61. The lowest BCUT2D eigenvalue weighted by Crippen LogP contribution is -2.48. The van der Waals surface area contributed by atoms with E-state index in [2.05, 4.69) is 16.2 Å². The number of amides is 2. The summed E-state index contributed by atoms with van der Waals surface area (Å²) >= 11 is 4.99. The molecule has 1 rings (SSSR count). The third-order valence-corrected chi connectivity index (χ3v) is 3.43. The molecule has 138 valence electrons. The first-order valence-electron chi connectivity index (χ1n) is 8.20. The fourth-order valence-corrected chi connectivity index (χ4v) is 1.87. The maximum atomic E-state index is 12.2. The number of carbonyl (C=O) groups is 2. The molecule has 1 aromatic carbocycles. The van der Waals surface area contributed by atoms with Crippen LogP contribution in [0, 0.1) is 0 Å². The lowest BCUT2D eigenvalue weighted by molar-refractivity contribution is -0.122. The van der Waals surface area contributed by atoms with Crippen molar-refractivity contribution in [3.8, 4) is 5.75 Å². The second-order valence-electron chi connectivity index (χ2n) is 5.27. The van der Waals surface area contributed by atoms with Crippen LogP contribution in [0.3, 0.4) is 0 Å². The Morgan fingerprint density at radius 1 is 1.24 bits per heavy atom. The number of hydrazine groups is 1. The molecule has 0 saturated heterocycles. The molecule has 0 fully saturated rings. The third kappa shape index (κ3) is 8.46. The van der Waals surface area contributed by atoms with Crippen molar-refractivity contribution in [1.29, 1.82) is 0 Å². The van der Waals surface area contributed by atoms with Crippen LogP contribution < -0.4 is 20.9 Å². The highest BCUT2D eigenvalue weighted by Crippen LogP contribution is 2.15. The maximum absolute atomic E-state index is 12.2. The van der Waals surface area contributed by atoms with Crippen LogP contribution in [0.5, 0.6) is 5.75 Å². The van der Waals surface area contributed by atoms with Gasteiger partial charge in [0.05, 0.1) is 19.1 Å². The molecule has 1 atom stereocenters. The minimum atomic E-state index is -0.393. The molecule has 0 aromatic heterocycles. The van der Waals surface area contributed by atoms with Crippen molar-refractivity contribution >= 4 is 29.1 Å². The fraction of sp³-hybridized carbons (Fsp3) is 0.471. The topological polar surface area (TPSA) is 88.7 Å².